The Bertz CT molecular complexity index is 602. The molecule has 0 saturated heterocycles. The molecule has 2 rings (SSSR count). The third-order valence-electron chi connectivity index (χ3n) is 3.96. The van der Waals surface area contributed by atoms with Gasteiger partial charge in [-0.15, -0.1) is 0 Å². The van der Waals surface area contributed by atoms with Gasteiger partial charge in [0.1, 0.15) is 11.8 Å². The molecule has 6 heteroatoms. The van der Waals surface area contributed by atoms with E-state index >= 15 is 0 Å². The molecule has 2 N–H and O–H groups in total. The van der Waals surface area contributed by atoms with Gasteiger partial charge in [0.2, 0.25) is 0 Å². The molecule has 1 atom stereocenters. The van der Waals surface area contributed by atoms with E-state index in [1.165, 1.54) is 0 Å². The van der Waals surface area contributed by atoms with Gasteiger partial charge in [-0.3, -0.25) is 9.59 Å². The van der Waals surface area contributed by atoms with Gasteiger partial charge < -0.3 is 14.8 Å². The predicted octanol–water partition coefficient (Wildman–Crippen LogP) is 2.48. The zero-order chi connectivity index (χ0) is 16.3. The molecule has 6 nitrogen and oxygen atoms in total. The van der Waals surface area contributed by atoms with Crippen molar-refractivity contribution in [2.75, 3.05) is 0 Å². The number of carbonyl (C=O) groups excluding carboxylic acids is 2. The van der Waals surface area contributed by atoms with Crippen molar-refractivity contribution in [3.8, 4) is 0 Å². The van der Waals surface area contributed by atoms with E-state index in [1.807, 2.05) is 6.92 Å². The smallest absolute Gasteiger partial charge is 0.326 e. The lowest BCUT2D eigenvalue weighted by Crippen LogP contribution is -2.40. The molecule has 22 heavy (non-hydrogen) atoms. The standard InChI is InChI=1S/C16H21NO5/c1-3-4-6-10(16(20)21)17-15(19)14-9(2)13-11(18)7-5-8-12(13)22-14/h10H,3-8H2,1-2H3,(H,17,19)(H,20,21). The fourth-order valence-corrected chi connectivity index (χ4v) is 2.75. The molecule has 0 bridgehead atoms. The Labute approximate surface area is 128 Å². The number of amides is 1. The summed E-state index contributed by atoms with van der Waals surface area (Å²) in [6, 6.07) is -0.940. The molecule has 1 aromatic rings. The summed E-state index contributed by atoms with van der Waals surface area (Å²) in [4.78, 5) is 35.4. The topological polar surface area (TPSA) is 96.6 Å². The molecule has 0 aromatic carbocycles. The van der Waals surface area contributed by atoms with Crippen LogP contribution in [0.4, 0.5) is 0 Å². The third-order valence-corrected chi connectivity index (χ3v) is 3.96. The molecule has 1 aliphatic rings. The minimum absolute atomic E-state index is 0.0117. The highest BCUT2D eigenvalue weighted by Crippen LogP contribution is 2.29. The van der Waals surface area contributed by atoms with E-state index in [-0.39, 0.29) is 11.5 Å². The lowest BCUT2D eigenvalue weighted by Gasteiger charge is -2.13. The molecule has 0 spiro atoms. The quantitative estimate of drug-likeness (QED) is 0.841. The minimum atomic E-state index is -1.06. The molecule has 1 aromatic heterocycles. The first-order valence-corrected chi connectivity index (χ1v) is 7.64. The predicted molar refractivity (Wildman–Crippen MR) is 79.1 cm³/mol. The van der Waals surface area contributed by atoms with Gasteiger partial charge >= 0.3 is 5.97 Å². The highest BCUT2D eigenvalue weighted by molar-refractivity contribution is 6.03. The number of hydrogen-bond donors (Lipinski definition) is 2. The van der Waals surface area contributed by atoms with Crippen LogP contribution in [0.25, 0.3) is 0 Å². The number of furan rings is 1. The second-order valence-electron chi connectivity index (χ2n) is 5.64. The number of Topliss-reactive ketones (excluding diaryl/α,β-unsaturated/α-hetero) is 1. The molecule has 1 unspecified atom stereocenters. The Hall–Kier alpha value is -2.11. The van der Waals surface area contributed by atoms with Gasteiger partial charge in [0.25, 0.3) is 5.91 Å². The maximum atomic E-state index is 12.3. The summed E-state index contributed by atoms with van der Waals surface area (Å²) >= 11 is 0. The largest absolute Gasteiger partial charge is 0.480 e. The van der Waals surface area contributed by atoms with Crippen molar-refractivity contribution >= 4 is 17.7 Å². The zero-order valence-corrected chi connectivity index (χ0v) is 12.9. The van der Waals surface area contributed by atoms with Crippen molar-refractivity contribution in [1.29, 1.82) is 0 Å². The lowest BCUT2D eigenvalue weighted by molar-refractivity contribution is -0.139. The minimum Gasteiger partial charge on any atom is -0.480 e. The summed E-state index contributed by atoms with van der Waals surface area (Å²) in [5.41, 5.74) is 1.01. The Morgan fingerprint density at radius 2 is 2.09 bits per heavy atom. The van der Waals surface area contributed by atoms with E-state index in [0.717, 1.165) is 6.42 Å². The average molecular weight is 307 g/mol. The Balaban J connectivity index is 2.19. The Morgan fingerprint density at radius 3 is 2.68 bits per heavy atom. The van der Waals surface area contributed by atoms with Gasteiger partial charge in [-0.05, 0) is 19.8 Å². The van der Waals surface area contributed by atoms with Gasteiger partial charge in [0, 0.05) is 18.4 Å². The molecule has 1 aliphatic carbocycles. The number of rotatable bonds is 6. The molecule has 0 saturated carbocycles. The van der Waals surface area contributed by atoms with Crippen LogP contribution < -0.4 is 5.32 Å². The van der Waals surface area contributed by atoms with Crippen LogP contribution in [0.15, 0.2) is 4.42 Å². The van der Waals surface area contributed by atoms with Crippen LogP contribution in [0, 0.1) is 6.92 Å². The summed E-state index contributed by atoms with van der Waals surface area (Å²) in [7, 11) is 0. The fraction of sp³-hybridized carbons (Fsp3) is 0.562. The van der Waals surface area contributed by atoms with Crippen LogP contribution in [0.3, 0.4) is 0 Å². The number of carboxylic acid groups (broad SMARTS) is 1. The van der Waals surface area contributed by atoms with Crippen LogP contribution in [-0.4, -0.2) is 28.8 Å². The number of unbranched alkanes of at least 4 members (excludes halogenated alkanes) is 1. The molecular formula is C16H21NO5. The second-order valence-corrected chi connectivity index (χ2v) is 5.64. The lowest BCUT2D eigenvalue weighted by atomic mass is 9.94. The van der Waals surface area contributed by atoms with Crippen LogP contribution >= 0.6 is 0 Å². The van der Waals surface area contributed by atoms with Crippen molar-refractivity contribution in [3.05, 3.63) is 22.6 Å². The number of carboxylic acids is 1. The number of ketones is 1. The molecule has 1 amide bonds. The van der Waals surface area contributed by atoms with E-state index in [2.05, 4.69) is 5.32 Å². The Kier molecular flexibility index (Phi) is 5.00. The summed E-state index contributed by atoms with van der Waals surface area (Å²) in [6.45, 7) is 3.62. The highest BCUT2D eigenvalue weighted by atomic mass is 16.4. The van der Waals surface area contributed by atoms with Crippen molar-refractivity contribution in [2.24, 2.45) is 0 Å². The van der Waals surface area contributed by atoms with E-state index in [4.69, 9.17) is 9.52 Å². The SMILES string of the molecule is CCCCC(NC(=O)c1oc2c(c1C)C(=O)CCC2)C(=O)O. The van der Waals surface area contributed by atoms with Gasteiger partial charge in [-0.1, -0.05) is 19.8 Å². The van der Waals surface area contributed by atoms with Gasteiger partial charge in [0.05, 0.1) is 5.56 Å². The number of hydrogen-bond acceptors (Lipinski definition) is 4. The summed E-state index contributed by atoms with van der Waals surface area (Å²) in [6.07, 6.45) is 3.74. The van der Waals surface area contributed by atoms with Crippen LogP contribution in [0.5, 0.6) is 0 Å². The van der Waals surface area contributed by atoms with Crippen molar-refractivity contribution in [3.63, 3.8) is 0 Å². The van der Waals surface area contributed by atoms with Gasteiger partial charge in [0.15, 0.2) is 11.5 Å². The fourth-order valence-electron chi connectivity index (χ4n) is 2.75. The van der Waals surface area contributed by atoms with Crippen LogP contribution in [0.1, 0.15) is 71.3 Å². The van der Waals surface area contributed by atoms with Crippen molar-refractivity contribution in [1.82, 2.24) is 5.32 Å². The Morgan fingerprint density at radius 1 is 1.36 bits per heavy atom. The number of fused-ring (bicyclic) bond motifs is 1. The summed E-state index contributed by atoms with van der Waals surface area (Å²) < 4.78 is 5.53. The number of nitrogens with one attached hydrogen (secondary N) is 1. The molecule has 0 aliphatic heterocycles. The van der Waals surface area contributed by atoms with Gasteiger partial charge in [-0.2, -0.15) is 0 Å². The molecule has 0 fully saturated rings. The number of aliphatic carboxylic acids is 1. The molecule has 120 valence electrons. The average Bonchev–Trinajstić information content (AvgIpc) is 2.81. The van der Waals surface area contributed by atoms with Crippen molar-refractivity contribution < 1.29 is 23.9 Å². The maximum Gasteiger partial charge on any atom is 0.326 e. The number of aryl methyl sites for hydroxylation is 1. The molecular weight excluding hydrogens is 286 g/mol. The summed E-state index contributed by atoms with van der Waals surface area (Å²) in [5, 5.41) is 11.7. The summed E-state index contributed by atoms with van der Waals surface area (Å²) in [5.74, 6) is -1.04. The first kappa shape index (κ1) is 16.3. The van der Waals surface area contributed by atoms with Crippen LogP contribution in [0.2, 0.25) is 0 Å². The van der Waals surface area contributed by atoms with E-state index in [1.54, 1.807) is 6.92 Å². The molecule has 1 heterocycles. The van der Waals surface area contributed by atoms with Crippen LogP contribution in [-0.2, 0) is 11.2 Å². The third kappa shape index (κ3) is 3.21. The van der Waals surface area contributed by atoms with E-state index < -0.39 is 17.9 Å². The molecule has 0 radical (unpaired) electrons. The van der Waals surface area contributed by atoms with Crippen molar-refractivity contribution in [2.45, 2.75) is 58.4 Å². The van der Waals surface area contributed by atoms with E-state index in [0.29, 0.717) is 49.0 Å². The van der Waals surface area contributed by atoms with E-state index in [9.17, 15) is 14.4 Å². The monoisotopic (exact) mass is 307 g/mol. The number of carbonyl (C=O) groups is 3. The first-order chi connectivity index (χ1) is 10.5. The van der Waals surface area contributed by atoms with Gasteiger partial charge in [-0.25, -0.2) is 4.79 Å². The first-order valence-electron chi connectivity index (χ1n) is 7.64. The second kappa shape index (κ2) is 6.77. The zero-order valence-electron chi connectivity index (χ0n) is 12.9. The maximum absolute atomic E-state index is 12.3. The highest BCUT2D eigenvalue weighted by Gasteiger charge is 2.30. The normalized spacial score (nSPS) is 15.3.